The first-order valence-electron chi connectivity index (χ1n) is 6.69. The molecule has 0 heterocycles. The number of halogens is 2. The first-order valence-corrected chi connectivity index (χ1v) is 6.69. The summed E-state index contributed by atoms with van der Waals surface area (Å²) in [5.41, 5.74) is 3.36. The van der Waals surface area contributed by atoms with E-state index < -0.39 is 12.5 Å². The number of hydrogen-bond acceptors (Lipinski definition) is 4. The highest BCUT2D eigenvalue weighted by Crippen LogP contribution is 2.29. The number of amides is 1. The van der Waals surface area contributed by atoms with Crippen LogP contribution in [0.3, 0.4) is 0 Å². The number of nitrogens with one attached hydrogen (secondary N) is 1. The van der Waals surface area contributed by atoms with Crippen LogP contribution in [-0.2, 0) is 11.4 Å². The Bertz CT molecular complexity index is 650. The fourth-order valence-electron chi connectivity index (χ4n) is 1.82. The van der Waals surface area contributed by atoms with E-state index in [1.54, 1.807) is 0 Å². The van der Waals surface area contributed by atoms with Crippen molar-refractivity contribution in [2.24, 2.45) is 0 Å². The van der Waals surface area contributed by atoms with Gasteiger partial charge in [-0.3, -0.25) is 9.63 Å². The number of rotatable bonds is 7. The summed E-state index contributed by atoms with van der Waals surface area (Å²) in [6.45, 7) is -2.77. The Morgan fingerprint density at radius 1 is 1.13 bits per heavy atom. The predicted octanol–water partition coefficient (Wildman–Crippen LogP) is 3.16. The molecule has 0 fully saturated rings. The van der Waals surface area contributed by atoms with Gasteiger partial charge in [-0.05, 0) is 23.8 Å². The zero-order chi connectivity index (χ0) is 16.7. The van der Waals surface area contributed by atoms with Crippen LogP contribution in [0.1, 0.15) is 15.9 Å². The van der Waals surface area contributed by atoms with Gasteiger partial charge in [-0.25, -0.2) is 5.48 Å². The lowest BCUT2D eigenvalue weighted by molar-refractivity contribution is -0.0512. The van der Waals surface area contributed by atoms with Crippen molar-refractivity contribution in [2.75, 3.05) is 7.11 Å². The molecule has 7 heteroatoms. The maximum Gasteiger partial charge on any atom is 0.387 e. The molecular weight excluding hydrogens is 308 g/mol. The third-order valence-electron chi connectivity index (χ3n) is 2.89. The minimum Gasteiger partial charge on any atom is -0.493 e. The second kappa shape index (κ2) is 8.09. The van der Waals surface area contributed by atoms with Crippen molar-refractivity contribution in [1.29, 1.82) is 0 Å². The van der Waals surface area contributed by atoms with Gasteiger partial charge in [0.05, 0.1) is 13.7 Å². The zero-order valence-electron chi connectivity index (χ0n) is 12.3. The molecule has 1 N–H and O–H groups in total. The molecular formula is C16H15F2NO4. The van der Waals surface area contributed by atoms with Crippen molar-refractivity contribution < 1.29 is 27.9 Å². The molecule has 2 aromatic rings. The fraction of sp³-hybridized carbons (Fsp3) is 0.188. The summed E-state index contributed by atoms with van der Waals surface area (Å²) in [5, 5.41) is 0. The van der Waals surface area contributed by atoms with Gasteiger partial charge in [0.1, 0.15) is 0 Å². The number of ether oxygens (including phenoxy) is 2. The van der Waals surface area contributed by atoms with Crippen LogP contribution in [0, 0.1) is 0 Å². The molecule has 0 spiro atoms. The maximum absolute atomic E-state index is 12.2. The molecule has 0 aliphatic heterocycles. The van der Waals surface area contributed by atoms with Gasteiger partial charge in [0.2, 0.25) is 0 Å². The molecule has 0 bridgehead atoms. The van der Waals surface area contributed by atoms with Gasteiger partial charge in [-0.15, -0.1) is 0 Å². The Kier molecular flexibility index (Phi) is 5.87. The van der Waals surface area contributed by atoms with E-state index in [0.29, 0.717) is 0 Å². The van der Waals surface area contributed by atoms with Crippen molar-refractivity contribution in [1.82, 2.24) is 5.48 Å². The summed E-state index contributed by atoms with van der Waals surface area (Å²) in [5.74, 6) is -0.645. The quantitative estimate of drug-likeness (QED) is 0.795. The van der Waals surface area contributed by atoms with Crippen molar-refractivity contribution in [3.8, 4) is 11.5 Å². The minimum atomic E-state index is -2.97. The van der Waals surface area contributed by atoms with Gasteiger partial charge in [0, 0.05) is 5.56 Å². The summed E-state index contributed by atoms with van der Waals surface area (Å²) in [4.78, 5) is 17.1. The number of hydrogen-bond donors (Lipinski definition) is 1. The second-order valence-electron chi connectivity index (χ2n) is 4.45. The molecule has 0 saturated carbocycles. The van der Waals surface area contributed by atoms with Crippen LogP contribution in [0.25, 0.3) is 0 Å². The van der Waals surface area contributed by atoms with Crippen LogP contribution in [0.2, 0.25) is 0 Å². The summed E-state index contributed by atoms with van der Waals surface area (Å²) in [6, 6.07) is 13.1. The van der Waals surface area contributed by atoms with Crippen molar-refractivity contribution in [2.45, 2.75) is 13.2 Å². The normalized spacial score (nSPS) is 10.4. The Hall–Kier alpha value is -2.67. The lowest BCUT2D eigenvalue weighted by Gasteiger charge is -2.11. The van der Waals surface area contributed by atoms with E-state index in [9.17, 15) is 13.6 Å². The summed E-state index contributed by atoms with van der Waals surface area (Å²) in [7, 11) is 1.29. The highest BCUT2D eigenvalue weighted by atomic mass is 19.3. The van der Waals surface area contributed by atoms with Crippen molar-refractivity contribution >= 4 is 5.91 Å². The monoisotopic (exact) mass is 323 g/mol. The lowest BCUT2D eigenvalue weighted by atomic mass is 10.2. The molecule has 0 atom stereocenters. The number of benzene rings is 2. The maximum atomic E-state index is 12.2. The average Bonchev–Trinajstić information content (AvgIpc) is 2.55. The largest absolute Gasteiger partial charge is 0.493 e. The molecule has 0 saturated heterocycles. The number of carbonyl (C=O) groups excluding carboxylic acids is 1. The van der Waals surface area contributed by atoms with E-state index >= 15 is 0 Å². The molecule has 122 valence electrons. The molecule has 0 radical (unpaired) electrons. The topological polar surface area (TPSA) is 56.8 Å². The van der Waals surface area contributed by atoms with Gasteiger partial charge >= 0.3 is 6.61 Å². The third-order valence-corrected chi connectivity index (χ3v) is 2.89. The summed E-state index contributed by atoms with van der Waals surface area (Å²) in [6.07, 6.45) is 0. The minimum absolute atomic E-state index is 0.0287. The molecule has 2 aromatic carbocycles. The summed E-state index contributed by atoms with van der Waals surface area (Å²) >= 11 is 0. The Labute approximate surface area is 131 Å². The van der Waals surface area contributed by atoms with Crippen LogP contribution >= 0.6 is 0 Å². The van der Waals surface area contributed by atoms with Crippen LogP contribution in [0.5, 0.6) is 11.5 Å². The van der Waals surface area contributed by atoms with E-state index in [0.717, 1.165) is 5.56 Å². The standard InChI is InChI=1S/C16H15F2NO4/c1-21-14-9-12(7-8-13(14)23-16(17)18)15(20)19-22-10-11-5-3-2-4-6-11/h2-9,16H,10H2,1H3,(H,19,20). The van der Waals surface area contributed by atoms with Crippen LogP contribution in [0.4, 0.5) is 8.78 Å². The molecule has 0 aliphatic carbocycles. The van der Waals surface area contributed by atoms with Gasteiger partial charge in [-0.2, -0.15) is 8.78 Å². The van der Waals surface area contributed by atoms with Gasteiger partial charge in [0.15, 0.2) is 11.5 Å². The van der Waals surface area contributed by atoms with Gasteiger partial charge in [0.25, 0.3) is 5.91 Å². The van der Waals surface area contributed by atoms with Crippen LogP contribution < -0.4 is 15.0 Å². The van der Waals surface area contributed by atoms with Crippen molar-refractivity contribution in [3.05, 3.63) is 59.7 Å². The fourth-order valence-corrected chi connectivity index (χ4v) is 1.82. The second-order valence-corrected chi connectivity index (χ2v) is 4.45. The molecule has 0 aliphatic rings. The zero-order valence-corrected chi connectivity index (χ0v) is 12.3. The predicted molar refractivity (Wildman–Crippen MR) is 78.3 cm³/mol. The Balaban J connectivity index is 1.96. The van der Waals surface area contributed by atoms with E-state index in [2.05, 4.69) is 10.2 Å². The number of alkyl halides is 2. The highest BCUT2D eigenvalue weighted by Gasteiger charge is 2.14. The molecule has 23 heavy (non-hydrogen) atoms. The van der Waals surface area contributed by atoms with Crippen LogP contribution in [-0.4, -0.2) is 19.6 Å². The lowest BCUT2D eigenvalue weighted by Crippen LogP contribution is -2.23. The van der Waals surface area contributed by atoms with Gasteiger partial charge in [-0.1, -0.05) is 30.3 Å². The van der Waals surface area contributed by atoms with E-state index in [1.165, 1.54) is 25.3 Å². The third kappa shape index (κ3) is 4.93. The Morgan fingerprint density at radius 3 is 2.52 bits per heavy atom. The molecule has 1 amide bonds. The van der Waals surface area contributed by atoms with E-state index in [-0.39, 0.29) is 23.7 Å². The molecule has 2 rings (SSSR count). The first-order chi connectivity index (χ1) is 11.1. The number of carbonyl (C=O) groups is 1. The summed E-state index contributed by atoms with van der Waals surface area (Å²) < 4.78 is 33.7. The number of methoxy groups -OCH3 is 1. The van der Waals surface area contributed by atoms with E-state index in [1.807, 2.05) is 30.3 Å². The number of hydroxylamine groups is 1. The Morgan fingerprint density at radius 2 is 1.87 bits per heavy atom. The van der Waals surface area contributed by atoms with Crippen molar-refractivity contribution in [3.63, 3.8) is 0 Å². The van der Waals surface area contributed by atoms with Gasteiger partial charge < -0.3 is 9.47 Å². The van der Waals surface area contributed by atoms with E-state index in [4.69, 9.17) is 9.57 Å². The highest BCUT2D eigenvalue weighted by molar-refractivity contribution is 5.94. The molecule has 0 aromatic heterocycles. The molecule has 0 unspecified atom stereocenters. The first kappa shape index (κ1) is 16.7. The molecule has 5 nitrogen and oxygen atoms in total. The SMILES string of the molecule is COc1cc(C(=O)NOCc2ccccc2)ccc1OC(F)F. The average molecular weight is 323 g/mol. The smallest absolute Gasteiger partial charge is 0.387 e. The van der Waals surface area contributed by atoms with Crippen LogP contribution in [0.15, 0.2) is 48.5 Å².